The number of carbonyl (C=O) groups excluding carboxylic acids is 1. The van der Waals surface area contributed by atoms with E-state index in [0.29, 0.717) is 16.5 Å². The number of rotatable bonds is 5. The highest BCUT2D eigenvalue weighted by molar-refractivity contribution is 5.97. The molecule has 144 valence electrons. The molecule has 0 saturated carbocycles. The molecule has 3 aromatic rings. The summed E-state index contributed by atoms with van der Waals surface area (Å²) in [5, 5.41) is 12.6. The molecule has 0 fully saturated rings. The highest BCUT2D eigenvalue weighted by atomic mass is 19.1. The molecule has 1 amide bonds. The third-order valence-corrected chi connectivity index (χ3v) is 4.39. The lowest BCUT2D eigenvalue weighted by Gasteiger charge is -2.14. The number of benzene rings is 2. The summed E-state index contributed by atoms with van der Waals surface area (Å²) in [6, 6.07) is 9.22. The molecule has 0 radical (unpaired) electrons. The zero-order chi connectivity index (χ0) is 19.7. The number of aromatic amines is 1. The van der Waals surface area contributed by atoms with E-state index in [9.17, 15) is 18.7 Å². The van der Waals surface area contributed by atoms with Crippen molar-refractivity contribution in [1.82, 2.24) is 15.8 Å². The first-order valence-corrected chi connectivity index (χ1v) is 8.49. The zero-order valence-corrected chi connectivity index (χ0v) is 14.4. The molecule has 0 bridgehead atoms. The largest absolute Gasteiger partial charge is 0.394 e. The Bertz CT molecular complexity index is 1050. The van der Waals surface area contributed by atoms with Crippen LogP contribution in [0.2, 0.25) is 0 Å². The van der Waals surface area contributed by atoms with Gasteiger partial charge in [0.2, 0.25) is 5.90 Å². The minimum absolute atomic E-state index is 0.0811. The fourth-order valence-corrected chi connectivity index (χ4v) is 2.90. The summed E-state index contributed by atoms with van der Waals surface area (Å²) in [6.07, 6.45) is 0.652. The number of halogens is 2. The van der Waals surface area contributed by atoms with Gasteiger partial charge in [0.05, 0.1) is 6.61 Å². The Hall–Kier alpha value is -3.30. The van der Waals surface area contributed by atoms with Gasteiger partial charge in [-0.1, -0.05) is 6.07 Å². The molecule has 1 aromatic heterocycles. The van der Waals surface area contributed by atoms with Crippen molar-refractivity contribution in [3.8, 4) is 0 Å². The van der Waals surface area contributed by atoms with Crippen LogP contribution in [0, 0.1) is 11.6 Å². The first kappa shape index (κ1) is 18.1. The molecule has 2 atom stereocenters. The van der Waals surface area contributed by atoms with Crippen LogP contribution in [-0.4, -0.2) is 34.5 Å². The summed E-state index contributed by atoms with van der Waals surface area (Å²) in [5.41, 5.74) is 4.23. The van der Waals surface area contributed by atoms with Crippen molar-refractivity contribution in [2.24, 2.45) is 4.99 Å². The van der Waals surface area contributed by atoms with E-state index in [1.807, 2.05) is 0 Å². The van der Waals surface area contributed by atoms with Crippen LogP contribution in [0.5, 0.6) is 0 Å². The number of hydroxylamine groups is 1. The number of aliphatic imine (C=N–C) groups is 1. The monoisotopic (exact) mass is 386 g/mol. The molecule has 28 heavy (non-hydrogen) atoms. The number of amides is 1. The number of aliphatic hydroxyl groups is 1. The average Bonchev–Trinajstić information content (AvgIpc) is 3.34. The summed E-state index contributed by atoms with van der Waals surface area (Å²) in [4.78, 5) is 24.7. The van der Waals surface area contributed by atoms with Gasteiger partial charge in [0, 0.05) is 22.7 Å². The van der Waals surface area contributed by atoms with E-state index in [2.05, 4.69) is 20.8 Å². The molecule has 9 heteroatoms. The van der Waals surface area contributed by atoms with Gasteiger partial charge >= 0.3 is 0 Å². The summed E-state index contributed by atoms with van der Waals surface area (Å²) in [5.74, 6) is -1.26. The maximum absolute atomic E-state index is 13.8. The van der Waals surface area contributed by atoms with Crippen LogP contribution in [0.25, 0.3) is 10.9 Å². The van der Waals surface area contributed by atoms with Crippen molar-refractivity contribution in [3.05, 3.63) is 71.4 Å². The molecule has 0 spiro atoms. The highest BCUT2D eigenvalue weighted by Gasteiger charge is 2.28. The smallest absolute Gasteiger partial charge is 0.251 e. The Morgan fingerprint density at radius 2 is 2.04 bits per heavy atom. The van der Waals surface area contributed by atoms with Crippen LogP contribution in [0.15, 0.2) is 53.7 Å². The molecule has 2 aromatic carbocycles. The van der Waals surface area contributed by atoms with Gasteiger partial charge in [-0.2, -0.15) is 0 Å². The number of hydrogen-bond acceptors (Lipinski definition) is 5. The van der Waals surface area contributed by atoms with Crippen molar-refractivity contribution >= 4 is 22.7 Å². The van der Waals surface area contributed by atoms with E-state index < -0.39 is 30.5 Å². The second kappa shape index (κ2) is 7.37. The highest BCUT2D eigenvalue weighted by Crippen LogP contribution is 2.25. The predicted molar refractivity (Wildman–Crippen MR) is 97.4 cm³/mol. The zero-order valence-electron chi connectivity index (χ0n) is 14.4. The topological polar surface area (TPSA) is 98.7 Å². The third kappa shape index (κ3) is 3.45. The van der Waals surface area contributed by atoms with Crippen molar-refractivity contribution in [2.75, 3.05) is 6.61 Å². The normalized spacial score (nSPS) is 17.2. The van der Waals surface area contributed by atoms with Gasteiger partial charge in [-0.15, -0.1) is 5.48 Å². The van der Waals surface area contributed by atoms with Gasteiger partial charge in [-0.05, 0) is 42.0 Å². The molecule has 2 heterocycles. The molecule has 1 aliphatic heterocycles. The van der Waals surface area contributed by atoms with Crippen LogP contribution in [0.4, 0.5) is 8.78 Å². The summed E-state index contributed by atoms with van der Waals surface area (Å²) in [7, 11) is 0. The molecule has 1 aliphatic rings. The Morgan fingerprint density at radius 1 is 1.25 bits per heavy atom. The molecule has 0 aliphatic carbocycles. The summed E-state index contributed by atoms with van der Waals surface area (Å²) >= 11 is 0. The molecular formula is C19H16F2N4O3. The maximum Gasteiger partial charge on any atom is 0.251 e. The lowest BCUT2D eigenvalue weighted by Crippen LogP contribution is -2.44. The second-order valence-electron chi connectivity index (χ2n) is 6.25. The maximum atomic E-state index is 13.8. The minimum atomic E-state index is -0.900. The molecule has 4 rings (SSSR count). The number of hydrogen-bond donors (Lipinski definition) is 4. The van der Waals surface area contributed by atoms with Gasteiger partial charge in [-0.25, -0.2) is 13.8 Å². The van der Waals surface area contributed by atoms with Crippen molar-refractivity contribution < 1.29 is 23.5 Å². The Kier molecular flexibility index (Phi) is 4.76. The number of aromatic nitrogens is 1. The van der Waals surface area contributed by atoms with Crippen molar-refractivity contribution in [1.29, 1.82) is 0 Å². The van der Waals surface area contributed by atoms with E-state index in [4.69, 9.17) is 4.84 Å². The van der Waals surface area contributed by atoms with E-state index in [0.717, 1.165) is 0 Å². The molecule has 4 N–H and O–H groups in total. The lowest BCUT2D eigenvalue weighted by atomic mass is 10.1. The summed E-state index contributed by atoms with van der Waals surface area (Å²) in [6.45, 7) is -0.453. The molecular weight excluding hydrogens is 370 g/mol. The van der Waals surface area contributed by atoms with Gasteiger partial charge in [0.1, 0.15) is 17.7 Å². The van der Waals surface area contributed by atoms with Gasteiger partial charge in [0.25, 0.3) is 5.91 Å². The number of nitrogens with zero attached hydrogens (tertiary/aromatic N) is 1. The lowest BCUT2D eigenvalue weighted by molar-refractivity contribution is 0.0919. The van der Waals surface area contributed by atoms with Crippen molar-refractivity contribution in [3.63, 3.8) is 0 Å². The number of carbonyl (C=O) groups is 1. The van der Waals surface area contributed by atoms with E-state index in [-0.39, 0.29) is 17.3 Å². The van der Waals surface area contributed by atoms with Crippen LogP contribution >= 0.6 is 0 Å². The predicted octanol–water partition coefficient (Wildman–Crippen LogP) is 2.17. The van der Waals surface area contributed by atoms with E-state index in [1.165, 1.54) is 30.5 Å². The van der Waals surface area contributed by atoms with Gasteiger partial charge < -0.3 is 20.2 Å². The average molecular weight is 386 g/mol. The Balaban J connectivity index is 1.51. The van der Waals surface area contributed by atoms with E-state index in [1.54, 1.807) is 18.2 Å². The number of H-pyrrole nitrogens is 1. The standard InChI is InChI=1S/C19H16F2N4O3/c20-12-4-1-10(2-5-12)18(27)23-16(9-26)19-24-17(25-28-19)11-3-6-15-13(7-11)14(21)8-22-15/h1-8,16-17,22,25-26H,9H2,(H,23,27)/t16-,17?/m0/s1. The van der Waals surface area contributed by atoms with E-state index >= 15 is 0 Å². The molecule has 7 nitrogen and oxygen atoms in total. The van der Waals surface area contributed by atoms with Crippen LogP contribution < -0.4 is 10.8 Å². The van der Waals surface area contributed by atoms with Crippen LogP contribution in [0.3, 0.4) is 0 Å². The summed E-state index contributed by atoms with van der Waals surface area (Å²) < 4.78 is 26.8. The number of nitrogens with one attached hydrogen (secondary N) is 3. The fraction of sp³-hybridized carbons (Fsp3) is 0.158. The first-order valence-electron chi connectivity index (χ1n) is 8.49. The van der Waals surface area contributed by atoms with Crippen LogP contribution in [0.1, 0.15) is 22.1 Å². The van der Waals surface area contributed by atoms with Gasteiger partial charge in [0.15, 0.2) is 6.17 Å². The fourth-order valence-electron chi connectivity index (χ4n) is 2.90. The van der Waals surface area contributed by atoms with Gasteiger partial charge in [-0.3, -0.25) is 4.79 Å². The second-order valence-corrected chi connectivity index (χ2v) is 6.25. The van der Waals surface area contributed by atoms with Crippen LogP contribution in [-0.2, 0) is 4.84 Å². The van der Waals surface area contributed by atoms with Crippen molar-refractivity contribution in [2.45, 2.75) is 12.2 Å². The number of fused-ring (bicyclic) bond motifs is 1. The Morgan fingerprint density at radius 3 is 2.79 bits per heavy atom. The molecule has 0 saturated heterocycles. The quantitative estimate of drug-likeness (QED) is 0.540. The number of aliphatic hydroxyl groups excluding tert-OH is 1. The minimum Gasteiger partial charge on any atom is -0.394 e. The first-order chi connectivity index (χ1) is 13.5. The Labute approximate surface area is 158 Å². The molecule has 1 unspecified atom stereocenters. The SMILES string of the molecule is O=C(N[C@@H](CO)C1=NC(c2ccc3[nH]cc(F)c3c2)NO1)c1ccc(F)cc1. The third-order valence-electron chi connectivity index (χ3n) is 4.39.